The summed E-state index contributed by atoms with van der Waals surface area (Å²) in [5.41, 5.74) is 1.56. The molecule has 0 aliphatic heterocycles. The van der Waals surface area contributed by atoms with Crippen LogP contribution >= 0.6 is 11.8 Å². The summed E-state index contributed by atoms with van der Waals surface area (Å²) in [7, 11) is -3.52. The summed E-state index contributed by atoms with van der Waals surface area (Å²) in [6.45, 7) is 9.29. The molecule has 142 valence electrons. The predicted octanol–water partition coefficient (Wildman–Crippen LogP) is 3.87. The Morgan fingerprint density at radius 1 is 1.31 bits per heavy atom. The number of thioether (sulfide) groups is 1. The van der Waals surface area contributed by atoms with Crippen molar-refractivity contribution >= 4 is 32.8 Å². The van der Waals surface area contributed by atoms with E-state index in [0.29, 0.717) is 18.6 Å². The number of nitrogens with zero attached hydrogens (tertiary/aromatic N) is 4. The van der Waals surface area contributed by atoms with Crippen molar-refractivity contribution in [1.29, 1.82) is 5.26 Å². The number of fused-ring (bicyclic) bond motifs is 1. The van der Waals surface area contributed by atoms with E-state index in [-0.39, 0.29) is 10.1 Å². The van der Waals surface area contributed by atoms with Crippen molar-refractivity contribution < 1.29 is 8.42 Å². The largest absolute Gasteiger partial charge is 0.319 e. The quantitative estimate of drug-likeness (QED) is 0.603. The second kappa shape index (κ2) is 8.89. The molecule has 0 saturated heterocycles. The van der Waals surface area contributed by atoms with Crippen LogP contribution < -0.4 is 0 Å². The van der Waals surface area contributed by atoms with Gasteiger partial charge in [-0.2, -0.15) is 9.57 Å². The molecule has 26 heavy (non-hydrogen) atoms. The van der Waals surface area contributed by atoms with Crippen LogP contribution in [0.3, 0.4) is 0 Å². The van der Waals surface area contributed by atoms with Gasteiger partial charge in [0, 0.05) is 19.6 Å². The number of sulfonamides is 1. The minimum atomic E-state index is -3.52. The molecule has 1 aromatic heterocycles. The zero-order chi connectivity index (χ0) is 19.3. The zero-order valence-electron chi connectivity index (χ0n) is 15.8. The van der Waals surface area contributed by atoms with E-state index in [1.54, 1.807) is 12.1 Å². The first kappa shape index (κ1) is 20.7. The fourth-order valence-corrected chi connectivity index (χ4v) is 5.08. The fraction of sp³-hybridized carbons (Fsp3) is 0.556. The number of hydrogen-bond acceptors (Lipinski definition) is 5. The van der Waals surface area contributed by atoms with Gasteiger partial charge in [-0.05, 0) is 31.5 Å². The number of rotatable bonds is 9. The third-order valence-electron chi connectivity index (χ3n) is 4.23. The van der Waals surface area contributed by atoms with Crippen LogP contribution in [-0.2, 0) is 16.6 Å². The Morgan fingerprint density at radius 3 is 2.58 bits per heavy atom. The van der Waals surface area contributed by atoms with Crippen molar-refractivity contribution in [1.82, 2.24) is 13.9 Å². The number of hydrogen-bond donors (Lipinski definition) is 0. The van der Waals surface area contributed by atoms with Crippen molar-refractivity contribution in [3.05, 3.63) is 18.2 Å². The van der Waals surface area contributed by atoms with Gasteiger partial charge in [-0.25, -0.2) is 13.4 Å². The molecule has 0 saturated carbocycles. The molecule has 0 radical (unpaired) electrons. The van der Waals surface area contributed by atoms with E-state index < -0.39 is 10.0 Å². The molecule has 1 atom stereocenters. The first-order valence-electron chi connectivity index (χ1n) is 8.95. The Labute approximate surface area is 160 Å². The number of imidazole rings is 1. The van der Waals surface area contributed by atoms with Gasteiger partial charge in [0.05, 0.1) is 27.2 Å². The maximum absolute atomic E-state index is 12.8. The van der Waals surface area contributed by atoms with E-state index in [0.717, 1.165) is 30.1 Å². The fourth-order valence-electron chi connectivity index (χ4n) is 2.77. The minimum absolute atomic E-state index is 0.217. The summed E-state index contributed by atoms with van der Waals surface area (Å²) in [4.78, 5) is 4.89. The maximum Gasteiger partial charge on any atom is 0.243 e. The summed E-state index contributed by atoms with van der Waals surface area (Å²) >= 11 is 1.41. The highest BCUT2D eigenvalue weighted by molar-refractivity contribution is 8.00. The van der Waals surface area contributed by atoms with Gasteiger partial charge in [-0.1, -0.05) is 39.0 Å². The van der Waals surface area contributed by atoms with E-state index in [2.05, 4.69) is 22.5 Å². The first-order valence-corrected chi connectivity index (χ1v) is 11.3. The molecule has 0 fully saturated rings. The molecule has 0 unspecified atom stereocenters. The van der Waals surface area contributed by atoms with E-state index >= 15 is 0 Å². The maximum atomic E-state index is 12.8. The highest BCUT2D eigenvalue weighted by atomic mass is 32.2. The second-order valence-corrected chi connectivity index (χ2v) is 9.27. The van der Waals surface area contributed by atoms with Crippen molar-refractivity contribution in [3.63, 3.8) is 0 Å². The molecular weight excluding hydrogens is 368 g/mol. The highest BCUT2D eigenvalue weighted by Gasteiger charge is 2.23. The molecule has 0 aliphatic rings. The van der Waals surface area contributed by atoms with Crippen LogP contribution in [0.25, 0.3) is 11.0 Å². The minimum Gasteiger partial charge on any atom is -0.319 e. The zero-order valence-corrected chi connectivity index (χ0v) is 17.4. The Morgan fingerprint density at radius 2 is 2.00 bits per heavy atom. The van der Waals surface area contributed by atoms with Gasteiger partial charge in [0.2, 0.25) is 10.0 Å². The van der Waals surface area contributed by atoms with E-state index in [1.807, 2.05) is 26.8 Å². The molecular formula is C18H26N4O2S2. The van der Waals surface area contributed by atoms with Gasteiger partial charge >= 0.3 is 0 Å². The standard InChI is InChI=1S/C18H26N4O2S2/c1-5-8-11-22-17-10-9-15(26(23,24)21(6-2)7-3)12-16(17)20-18(22)25-14(4)13-19/h9-10,12,14H,5-8,11H2,1-4H3/t14-/m1/s1. The normalized spacial score (nSPS) is 13.2. The summed E-state index contributed by atoms with van der Waals surface area (Å²) in [6.07, 6.45) is 2.05. The van der Waals surface area contributed by atoms with Crippen LogP contribution in [-0.4, -0.2) is 40.6 Å². The summed E-state index contributed by atoms with van der Waals surface area (Å²) in [6, 6.07) is 7.34. The molecule has 1 aromatic carbocycles. The van der Waals surface area contributed by atoms with Crippen LogP contribution in [0.15, 0.2) is 28.3 Å². The molecule has 8 heteroatoms. The van der Waals surface area contributed by atoms with E-state index in [1.165, 1.54) is 16.1 Å². The molecule has 1 heterocycles. The Kier molecular flexibility index (Phi) is 7.09. The van der Waals surface area contributed by atoms with Gasteiger partial charge in [0.1, 0.15) is 0 Å². The first-order chi connectivity index (χ1) is 12.4. The topological polar surface area (TPSA) is 79.0 Å². The van der Waals surface area contributed by atoms with Gasteiger partial charge in [0.15, 0.2) is 5.16 Å². The molecule has 2 rings (SSSR count). The SMILES string of the molecule is CCCCn1c(S[C@H](C)C#N)nc2cc(S(=O)(=O)N(CC)CC)ccc21. The van der Waals surface area contributed by atoms with Crippen LogP contribution in [0.5, 0.6) is 0 Å². The molecule has 0 aliphatic carbocycles. The van der Waals surface area contributed by atoms with Crippen molar-refractivity contribution in [2.75, 3.05) is 13.1 Å². The van der Waals surface area contributed by atoms with Gasteiger partial charge in [-0.15, -0.1) is 0 Å². The van der Waals surface area contributed by atoms with Crippen LogP contribution in [0.2, 0.25) is 0 Å². The Bertz CT molecular complexity index is 896. The van der Waals surface area contributed by atoms with Crippen molar-refractivity contribution in [3.8, 4) is 6.07 Å². The smallest absolute Gasteiger partial charge is 0.243 e. The van der Waals surface area contributed by atoms with Crippen molar-refractivity contribution in [2.45, 2.75) is 62.4 Å². The Balaban J connectivity index is 2.54. The molecule has 0 spiro atoms. The lowest BCUT2D eigenvalue weighted by molar-refractivity contribution is 0.445. The predicted molar refractivity (Wildman–Crippen MR) is 106 cm³/mol. The average molecular weight is 395 g/mol. The molecule has 0 N–H and O–H groups in total. The lowest BCUT2D eigenvalue weighted by Gasteiger charge is -2.18. The van der Waals surface area contributed by atoms with Crippen molar-refractivity contribution in [2.24, 2.45) is 0 Å². The number of unbranched alkanes of at least 4 members (excludes halogenated alkanes) is 1. The second-order valence-electron chi connectivity index (χ2n) is 6.03. The van der Waals surface area contributed by atoms with E-state index in [4.69, 9.17) is 5.26 Å². The number of aromatic nitrogens is 2. The third-order valence-corrected chi connectivity index (χ3v) is 7.25. The van der Waals surface area contributed by atoms with Crippen LogP contribution in [0.1, 0.15) is 40.5 Å². The molecule has 0 bridgehead atoms. The Hall–Kier alpha value is -1.56. The third kappa shape index (κ3) is 4.22. The summed E-state index contributed by atoms with van der Waals surface area (Å²) < 4.78 is 29.1. The molecule has 0 amide bonds. The monoisotopic (exact) mass is 394 g/mol. The van der Waals surface area contributed by atoms with Gasteiger partial charge in [0.25, 0.3) is 0 Å². The van der Waals surface area contributed by atoms with Crippen LogP contribution in [0, 0.1) is 11.3 Å². The average Bonchev–Trinajstić information content (AvgIpc) is 2.96. The van der Waals surface area contributed by atoms with Crippen LogP contribution in [0.4, 0.5) is 0 Å². The number of aryl methyl sites for hydroxylation is 1. The molecule has 6 nitrogen and oxygen atoms in total. The highest BCUT2D eigenvalue weighted by Crippen LogP contribution is 2.29. The van der Waals surface area contributed by atoms with Gasteiger partial charge in [-0.3, -0.25) is 0 Å². The molecule has 2 aromatic rings. The number of nitriles is 1. The lowest BCUT2D eigenvalue weighted by Crippen LogP contribution is -2.30. The summed E-state index contributed by atoms with van der Waals surface area (Å²) in [5, 5.41) is 9.66. The number of benzene rings is 1. The summed E-state index contributed by atoms with van der Waals surface area (Å²) in [5.74, 6) is 0. The van der Waals surface area contributed by atoms with E-state index in [9.17, 15) is 8.42 Å². The van der Waals surface area contributed by atoms with Gasteiger partial charge < -0.3 is 4.57 Å². The lowest BCUT2D eigenvalue weighted by atomic mass is 10.3.